The molecule has 27 heavy (non-hydrogen) atoms. The number of fused-ring (bicyclic) bond motifs is 1. The summed E-state index contributed by atoms with van der Waals surface area (Å²) in [5.41, 5.74) is 4.51. The van der Waals surface area contributed by atoms with Crippen LogP contribution in [0.25, 0.3) is 11.0 Å². The minimum absolute atomic E-state index is 0.0596. The normalized spacial score (nSPS) is 10.9. The molecule has 3 aromatic rings. The van der Waals surface area contributed by atoms with Crippen LogP contribution in [0.3, 0.4) is 0 Å². The summed E-state index contributed by atoms with van der Waals surface area (Å²) in [5, 5.41) is 4.85. The monoisotopic (exact) mass is 382 g/mol. The Morgan fingerprint density at radius 3 is 2.56 bits per heavy atom. The van der Waals surface area contributed by atoms with Gasteiger partial charge in [0, 0.05) is 41.1 Å². The molecule has 5 nitrogen and oxygen atoms in total. The summed E-state index contributed by atoms with van der Waals surface area (Å²) in [5.74, 6) is -0.0596. The Balaban J connectivity index is 2.17. The van der Waals surface area contributed by atoms with Gasteiger partial charge in [0.2, 0.25) is 0 Å². The zero-order valence-corrected chi connectivity index (χ0v) is 16.8. The van der Waals surface area contributed by atoms with Crippen molar-refractivity contribution in [3.8, 4) is 0 Å². The maximum absolute atomic E-state index is 13.0. The van der Waals surface area contributed by atoms with E-state index in [9.17, 15) is 4.79 Å². The molecule has 0 atom stereocenters. The van der Waals surface area contributed by atoms with Gasteiger partial charge in [-0.3, -0.25) is 4.79 Å². The largest absolute Gasteiger partial charge is 0.354 e. The molecule has 0 unspecified atom stereocenters. The van der Waals surface area contributed by atoms with Crippen LogP contribution < -0.4 is 5.32 Å². The Kier molecular flexibility index (Phi) is 5.61. The number of carbonyl (C=O) groups excluding carboxylic acids is 1. The van der Waals surface area contributed by atoms with Crippen molar-refractivity contribution in [1.82, 2.24) is 14.9 Å². The van der Waals surface area contributed by atoms with Gasteiger partial charge in [0.25, 0.3) is 5.91 Å². The predicted octanol–water partition coefficient (Wildman–Crippen LogP) is 5.13. The highest BCUT2D eigenvalue weighted by atomic mass is 35.5. The van der Waals surface area contributed by atoms with Crippen LogP contribution in [0, 0.1) is 13.8 Å². The molecule has 1 N–H and O–H groups in total. The smallest absolute Gasteiger partial charge is 0.257 e. The summed E-state index contributed by atoms with van der Waals surface area (Å²) in [7, 11) is 0. The lowest BCUT2D eigenvalue weighted by molar-refractivity contribution is 0.0774. The molecule has 140 valence electrons. The first-order valence-electron chi connectivity index (χ1n) is 9.03. The zero-order chi connectivity index (χ0) is 19.6. The second kappa shape index (κ2) is 7.92. The molecular formula is C21H23ClN4O. The topological polar surface area (TPSA) is 58.1 Å². The van der Waals surface area contributed by atoms with Crippen molar-refractivity contribution >= 4 is 39.9 Å². The molecule has 2 aromatic heterocycles. The van der Waals surface area contributed by atoms with E-state index in [1.807, 2.05) is 58.0 Å². The lowest BCUT2D eigenvalue weighted by Gasteiger charge is -2.21. The minimum atomic E-state index is -0.0596. The van der Waals surface area contributed by atoms with Crippen LogP contribution in [0.2, 0.25) is 5.02 Å². The Morgan fingerprint density at radius 1 is 1.15 bits per heavy atom. The maximum atomic E-state index is 13.0. The first-order valence-corrected chi connectivity index (χ1v) is 9.41. The van der Waals surface area contributed by atoms with E-state index in [4.69, 9.17) is 11.6 Å². The molecule has 0 aliphatic rings. The fourth-order valence-corrected chi connectivity index (χ4v) is 3.15. The summed E-state index contributed by atoms with van der Waals surface area (Å²) in [6, 6.07) is 9.62. The number of rotatable bonds is 5. The molecule has 3 rings (SSSR count). The average Bonchev–Trinajstić information content (AvgIpc) is 2.65. The standard InChI is InChI=1S/C21H23ClN4O/c1-5-26(6-2)21(27)17-12-23-20-16(10-8-14(4)24-20)19(17)25-15-9-7-13(3)18(22)11-15/h7-12H,5-6H2,1-4H3,(H,23,24,25). The van der Waals surface area contributed by atoms with Gasteiger partial charge in [0.15, 0.2) is 5.65 Å². The van der Waals surface area contributed by atoms with Crippen molar-refractivity contribution in [3.63, 3.8) is 0 Å². The maximum Gasteiger partial charge on any atom is 0.257 e. The highest BCUT2D eigenvalue weighted by Gasteiger charge is 2.20. The number of carbonyl (C=O) groups is 1. The van der Waals surface area contributed by atoms with E-state index in [0.29, 0.717) is 35.0 Å². The molecule has 2 heterocycles. The molecule has 0 fully saturated rings. The Morgan fingerprint density at radius 2 is 1.89 bits per heavy atom. The van der Waals surface area contributed by atoms with E-state index in [1.165, 1.54) is 0 Å². The van der Waals surface area contributed by atoms with Crippen molar-refractivity contribution in [1.29, 1.82) is 0 Å². The highest BCUT2D eigenvalue weighted by molar-refractivity contribution is 6.31. The van der Waals surface area contributed by atoms with Crippen molar-refractivity contribution in [2.45, 2.75) is 27.7 Å². The third kappa shape index (κ3) is 3.88. The Labute approximate surface area is 164 Å². The molecule has 0 saturated heterocycles. The van der Waals surface area contributed by atoms with E-state index >= 15 is 0 Å². The molecule has 0 saturated carbocycles. The quantitative estimate of drug-likeness (QED) is 0.664. The fourth-order valence-electron chi connectivity index (χ4n) is 2.96. The van der Waals surface area contributed by atoms with Crippen molar-refractivity contribution in [3.05, 3.63) is 58.4 Å². The minimum Gasteiger partial charge on any atom is -0.354 e. The van der Waals surface area contributed by atoms with E-state index < -0.39 is 0 Å². The summed E-state index contributed by atoms with van der Waals surface area (Å²) in [6.45, 7) is 9.07. The van der Waals surface area contributed by atoms with E-state index in [-0.39, 0.29) is 5.91 Å². The zero-order valence-electron chi connectivity index (χ0n) is 16.0. The number of hydrogen-bond acceptors (Lipinski definition) is 4. The molecule has 1 amide bonds. The number of nitrogens with one attached hydrogen (secondary N) is 1. The number of benzene rings is 1. The van der Waals surface area contributed by atoms with Gasteiger partial charge >= 0.3 is 0 Å². The third-order valence-corrected chi connectivity index (χ3v) is 5.00. The summed E-state index contributed by atoms with van der Waals surface area (Å²) >= 11 is 6.28. The predicted molar refractivity (Wildman–Crippen MR) is 111 cm³/mol. The van der Waals surface area contributed by atoms with Gasteiger partial charge in [0.05, 0.1) is 11.3 Å². The second-order valence-electron chi connectivity index (χ2n) is 6.44. The van der Waals surface area contributed by atoms with Crippen molar-refractivity contribution in [2.24, 2.45) is 0 Å². The van der Waals surface area contributed by atoms with E-state index in [1.54, 1.807) is 11.1 Å². The molecule has 0 aliphatic carbocycles. The van der Waals surface area contributed by atoms with Crippen LogP contribution in [0.1, 0.15) is 35.5 Å². The fraction of sp³-hybridized carbons (Fsp3) is 0.286. The molecule has 6 heteroatoms. The number of aryl methyl sites for hydroxylation is 2. The van der Waals surface area contributed by atoms with Gasteiger partial charge in [-0.2, -0.15) is 0 Å². The number of nitrogens with zero attached hydrogens (tertiary/aromatic N) is 3. The van der Waals surface area contributed by atoms with Gasteiger partial charge < -0.3 is 10.2 Å². The summed E-state index contributed by atoms with van der Waals surface area (Å²) in [6.07, 6.45) is 1.60. The van der Waals surface area contributed by atoms with Crippen LogP contribution in [-0.4, -0.2) is 33.9 Å². The summed E-state index contributed by atoms with van der Waals surface area (Å²) < 4.78 is 0. The number of anilines is 2. The van der Waals surface area contributed by atoms with Crippen LogP contribution >= 0.6 is 11.6 Å². The molecule has 0 spiro atoms. The third-order valence-electron chi connectivity index (χ3n) is 4.59. The Bertz CT molecular complexity index is 999. The average molecular weight is 383 g/mol. The van der Waals surface area contributed by atoms with Crippen molar-refractivity contribution < 1.29 is 4.79 Å². The molecule has 0 bridgehead atoms. The van der Waals surface area contributed by atoms with Crippen LogP contribution in [0.4, 0.5) is 11.4 Å². The Hall–Kier alpha value is -2.66. The van der Waals surface area contributed by atoms with Gasteiger partial charge in [-0.15, -0.1) is 0 Å². The van der Waals surface area contributed by atoms with E-state index in [2.05, 4.69) is 15.3 Å². The van der Waals surface area contributed by atoms with Gasteiger partial charge in [-0.1, -0.05) is 17.7 Å². The lowest BCUT2D eigenvalue weighted by Crippen LogP contribution is -2.31. The first kappa shape index (κ1) is 19.1. The number of hydrogen-bond donors (Lipinski definition) is 1. The number of pyridine rings is 2. The number of halogens is 1. The molecule has 1 aromatic carbocycles. The van der Waals surface area contributed by atoms with E-state index in [0.717, 1.165) is 22.3 Å². The summed E-state index contributed by atoms with van der Waals surface area (Å²) in [4.78, 5) is 23.7. The highest BCUT2D eigenvalue weighted by Crippen LogP contribution is 2.31. The van der Waals surface area contributed by atoms with Gasteiger partial charge in [-0.25, -0.2) is 9.97 Å². The second-order valence-corrected chi connectivity index (χ2v) is 6.84. The lowest BCUT2D eigenvalue weighted by atomic mass is 10.1. The SMILES string of the molecule is CCN(CC)C(=O)c1cnc2nc(C)ccc2c1Nc1ccc(C)c(Cl)c1. The van der Waals surface area contributed by atoms with Gasteiger partial charge in [0.1, 0.15) is 0 Å². The van der Waals surface area contributed by atoms with Crippen LogP contribution in [-0.2, 0) is 0 Å². The number of amides is 1. The first-order chi connectivity index (χ1) is 12.9. The van der Waals surface area contributed by atoms with Crippen LogP contribution in [0.15, 0.2) is 36.5 Å². The van der Waals surface area contributed by atoms with Crippen molar-refractivity contribution in [2.75, 3.05) is 18.4 Å². The van der Waals surface area contributed by atoms with Crippen LogP contribution in [0.5, 0.6) is 0 Å². The van der Waals surface area contributed by atoms with Gasteiger partial charge in [-0.05, 0) is 57.5 Å². The molecule has 0 aliphatic heterocycles. The molecule has 0 radical (unpaired) electrons. The number of aromatic nitrogens is 2. The molecular weight excluding hydrogens is 360 g/mol.